The standard InChI is InChI=1S/C15H24N4O/c1-11(2)12-8-13(17-16-12)14(20)19-9-15(10-19)4-6-18(3)7-5-15/h8,11H,4-7,9-10H2,1-3H3,(H,16,17). The molecule has 5 heteroatoms. The number of rotatable bonds is 2. The average molecular weight is 276 g/mol. The fourth-order valence-corrected chi connectivity index (χ4v) is 3.22. The third-order valence-electron chi connectivity index (χ3n) is 4.83. The van der Waals surface area contributed by atoms with E-state index in [2.05, 4.69) is 36.0 Å². The van der Waals surface area contributed by atoms with Gasteiger partial charge in [-0.15, -0.1) is 0 Å². The summed E-state index contributed by atoms with van der Waals surface area (Å²) in [6.45, 7) is 8.31. The molecular formula is C15H24N4O. The van der Waals surface area contributed by atoms with E-state index in [0.717, 1.165) is 31.9 Å². The Bertz CT molecular complexity index is 492. The molecular weight excluding hydrogens is 252 g/mol. The number of carbonyl (C=O) groups excluding carboxylic acids is 1. The second-order valence-electron chi connectivity index (χ2n) is 6.83. The lowest BCUT2D eigenvalue weighted by atomic mass is 9.72. The maximum absolute atomic E-state index is 12.4. The summed E-state index contributed by atoms with van der Waals surface area (Å²) in [6.07, 6.45) is 2.43. The molecule has 0 unspecified atom stereocenters. The van der Waals surface area contributed by atoms with Gasteiger partial charge in [-0.1, -0.05) is 13.8 Å². The van der Waals surface area contributed by atoms with Crippen LogP contribution in [-0.2, 0) is 0 Å². The highest BCUT2D eigenvalue weighted by atomic mass is 16.2. The van der Waals surface area contributed by atoms with Crippen molar-refractivity contribution < 1.29 is 4.79 Å². The molecule has 0 aliphatic carbocycles. The van der Waals surface area contributed by atoms with Crippen molar-refractivity contribution in [2.45, 2.75) is 32.6 Å². The maximum Gasteiger partial charge on any atom is 0.274 e. The maximum atomic E-state index is 12.4. The molecule has 1 spiro atoms. The van der Waals surface area contributed by atoms with Crippen LogP contribution in [0.5, 0.6) is 0 Å². The fraction of sp³-hybridized carbons (Fsp3) is 0.733. The van der Waals surface area contributed by atoms with E-state index in [4.69, 9.17) is 0 Å². The number of H-pyrrole nitrogens is 1. The van der Waals surface area contributed by atoms with Crippen LogP contribution >= 0.6 is 0 Å². The van der Waals surface area contributed by atoms with E-state index in [9.17, 15) is 4.79 Å². The molecule has 0 atom stereocenters. The van der Waals surface area contributed by atoms with Gasteiger partial charge in [0.25, 0.3) is 5.91 Å². The Morgan fingerprint density at radius 2 is 2.00 bits per heavy atom. The minimum atomic E-state index is 0.0812. The Labute approximate surface area is 120 Å². The minimum Gasteiger partial charge on any atom is -0.336 e. The van der Waals surface area contributed by atoms with Gasteiger partial charge in [0.15, 0.2) is 0 Å². The molecule has 1 N–H and O–H groups in total. The summed E-state index contributed by atoms with van der Waals surface area (Å²) in [5.74, 6) is 0.457. The third-order valence-corrected chi connectivity index (χ3v) is 4.83. The zero-order valence-electron chi connectivity index (χ0n) is 12.6. The second kappa shape index (κ2) is 4.88. The number of nitrogens with one attached hydrogen (secondary N) is 1. The van der Waals surface area contributed by atoms with E-state index < -0.39 is 0 Å². The smallest absolute Gasteiger partial charge is 0.274 e. The number of hydrogen-bond donors (Lipinski definition) is 1. The molecule has 2 aliphatic rings. The first-order valence-electron chi connectivity index (χ1n) is 7.52. The fourth-order valence-electron chi connectivity index (χ4n) is 3.22. The molecule has 110 valence electrons. The van der Waals surface area contributed by atoms with Gasteiger partial charge in [0, 0.05) is 24.2 Å². The van der Waals surface area contributed by atoms with Gasteiger partial charge in [0.2, 0.25) is 0 Å². The van der Waals surface area contributed by atoms with Crippen molar-refractivity contribution in [1.82, 2.24) is 20.0 Å². The van der Waals surface area contributed by atoms with Gasteiger partial charge in [-0.2, -0.15) is 5.10 Å². The van der Waals surface area contributed by atoms with Crippen molar-refractivity contribution in [2.24, 2.45) is 5.41 Å². The quantitative estimate of drug-likeness (QED) is 0.894. The van der Waals surface area contributed by atoms with Crippen molar-refractivity contribution >= 4 is 5.91 Å². The summed E-state index contributed by atoms with van der Waals surface area (Å²) >= 11 is 0. The normalized spacial score (nSPS) is 22.3. The van der Waals surface area contributed by atoms with E-state index in [1.54, 1.807) is 0 Å². The predicted octanol–water partition coefficient (Wildman–Crippen LogP) is 1.70. The number of aromatic amines is 1. The summed E-state index contributed by atoms with van der Waals surface area (Å²) < 4.78 is 0. The summed E-state index contributed by atoms with van der Waals surface area (Å²) in [5, 5.41) is 7.12. The molecule has 1 aromatic rings. The largest absolute Gasteiger partial charge is 0.336 e. The highest BCUT2D eigenvalue weighted by Crippen LogP contribution is 2.40. The van der Waals surface area contributed by atoms with E-state index >= 15 is 0 Å². The van der Waals surface area contributed by atoms with Crippen molar-refractivity contribution in [3.63, 3.8) is 0 Å². The van der Waals surface area contributed by atoms with Crippen LogP contribution in [0.25, 0.3) is 0 Å². The lowest BCUT2D eigenvalue weighted by molar-refractivity contribution is -0.0286. The first-order chi connectivity index (χ1) is 9.49. The monoisotopic (exact) mass is 276 g/mol. The Hall–Kier alpha value is -1.36. The summed E-state index contributed by atoms with van der Waals surface area (Å²) in [7, 11) is 2.17. The molecule has 1 aromatic heterocycles. The third kappa shape index (κ3) is 2.35. The summed E-state index contributed by atoms with van der Waals surface area (Å²) in [6, 6.07) is 1.90. The van der Waals surface area contributed by atoms with Crippen LogP contribution in [0.15, 0.2) is 6.07 Å². The van der Waals surface area contributed by atoms with Gasteiger partial charge in [-0.3, -0.25) is 9.89 Å². The minimum absolute atomic E-state index is 0.0812. The Balaban J connectivity index is 1.60. The Morgan fingerprint density at radius 1 is 1.35 bits per heavy atom. The molecule has 0 saturated carbocycles. The Morgan fingerprint density at radius 3 is 2.55 bits per heavy atom. The lowest BCUT2D eigenvalue weighted by Gasteiger charge is -2.53. The lowest BCUT2D eigenvalue weighted by Crippen LogP contribution is -2.61. The van der Waals surface area contributed by atoms with Crippen molar-refractivity contribution in [2.75, 3.05) is 33.2 Å². The number of aromatic nitrogens is 2. The molecule has 0 bridgehead atoms. The Kier molecular flexibility index (Phi) is 3.32. The van der Waals surface area contributed by atoms with Crippen molar-refractivity contribution in [1.29, 1.82) is 0 Å². The molecule has 3 heterocycles. The van der Waals surface area contributed by atoms with Crippen LogP contribution < -0.4 is 0 Å². The van der Waals surface area contributed by atoms with Crippen molar-refractivity contribution in [3.05, 3.63) is 17.5 Å². The van der Waals surface area contributed by atoms with E-state index in [0.29, 0.717) is 17.0 Å². The molecule has 1 amide bonds. The van der Waals surface area contributed by atoms with E-state index in [-0.39, 0.29) is 5.91 Å². The molecule has 20 heavy (non-hydrogen) atoms. The summed E-state index contributed by atoms with van der Waals surface area (Å²) in [4.78, 5) is 16.7. The van der Waals surface area contributed by atoms with Crippen LogP contribution in [-0.4, -0.2) is 59.1 Å². The van der Waals surface area contributed by atoms with Gasteiger partial charge in [0.1, 0.15) is 5.69 Å². The average Bonchev–Trinajstić information content (AvgIpc) is 2.86. The molecule has 2 fully saturated rings. The molecule has 0 radical (unpaired) electrons. The predicted molar refractivity (Wildman–Crippen MR) is 77.7 cm³/mol. The topological polar surface area (TPSA) is 52.2 Å². The van der Waals surface area contributed by atoms with Crippen LogP contribution in [0.4, 0.5) is 0 Å². The number of hydrogen-bond acceptors (Lipinski definition) is 3. The number of piperidine rings is 1. The first-order valence-corrected chi connectivity index (χ1v) is 7.52. The van der Waals surface area contributed by atoms with Gasteiger partial charge >= 0.3 is 0 Å². The zero-order valence-corrected chi connectivity index (χ0v) is 12.6. The highest BCUT2D eigenvalue weighted by molar-refractivity contribution is 5.93. The van der Waals surface area contributed by atoms with Gasteiger partial charge < -0.3 is 9.80 Å². The molecule has 5 nitrogen and oxygen atoms in total. The van der Waals surface area contributed by atoms with E-state index in [1.165, 1.54) is 12.8 Å². The van der Waals surface area contributed by atoms with E-state index in [1.807, 2.05) is 11.0 Å². The molecule has 2 aliphatic heterocycles. The molecule has 0 aromatic carbocycles. The van der Waals surface area contributed by atoms with Gasteiger partial charge in [0.05, 0.1) is 0 Å². The van der Waals surface area contributed by atoms with Gasteiger partial charge in [-0.05, 0) is 45.0 Å². The van der Waals surface area contributed by atoms with Crippen LogP contribution in [0.3, 0.4) is 0 Å². The SMILES string of the molecule is CC(C)c1cc(C(=O)N2CC3(CCN(C)CC3)C2)n[nH]1. The zero-order chi connectivity index (χ0) is 14.3. The van der Waals surface area contributed by atoms with Crippen LogP contribution in [0, 0.1) is 5.41 Å². The van der Waals surface area contributed by atoms with Crippen LogP contribution in [0.1, 0.15) is 48.8 Å². The van der Waals surface area contributed by atoms with Crippen LogP contribution in [0.2, 0.25) is 0 Å². The number of amides is 1. The number of likely N-dealkylation sites (tertiary alicyclic amines) is 2. The van der Waals surface area contributed by atoms with Crippen molar-refractivity contribution in [3.8, 4) is 0 Å². The second-order valence-corrected chi connectivity index (χ2v) is 6.83. The number of nitrogens with zero attached hydrogens (tertiary/aromatic N) is 3. The van der Waals surface area contributed by atoms with Gasteiger partial charge in [-0.25, -0.2) is 0 Å². The highest BCUT2D eigenvalue weighted by Gasteiger charge is 2.46. The summed E-state index contributed by atoms with van der Waals surface area (Å²) in [5.41, 5.74) is 1.98. The molecule has 3 rings (SSSR count). The first kappa shape index (κ1) is 13.6. The number of carbonyl (C=O) groups is 1. The molecule has 2 saturated heterocycles.